The van der Waals surface area contributed by atoms with E-state index in [1.54, 1.807) is 0 Å². The quantitative estimate of drug-likeness (QED) is 0.162. The maximum absolute atomic E-state index is 7.18. The smallest absolute Gasteiger partial charge is 0.213 e. The lowest BCUT2D eigenvalue weighted by atomic mass is 9.54. The number of rotatable bonds is 4. The topological polar surface area (TPSA) is 78.0 Å². The van der Waals surface area contributed by atoms with Gasteiger partial charge in [0.25, 0.3) is 0 Å². The molecule has 0 amide bonds. The summed E-state index contributed by atoms with van der Waals surface area (Å²) in [5.74, 6) is 10.1. The van der Waals surface area contributed by atoms with Crippen LogP contribution in [-0.4, -0.2) is 41.1 Å². The van der Waals surface area contributed by atoms with E-state index >= 15 is 0 Å². The second-order valence-electron chi connectivity index (χ2n) is 21.7. The molecule has 48 heavy (non-hydrogen) atoms. The van der Waals surface area contributed by atoms with Gasteiger partial charge in [0.1, 0.15) is 0 Å². The normalized spacial score (nSPS) is 54.8. The summed E-state index contributed by atoms with van der Waals surface area (Å²) in [5.41, 5.74) is 12.4. The zero-order chi connectivity index (χ0) is 33.0. The molecule has 0 aliphatic heterocycles. The van der Waals surface area contributed by atoms with Gasteiger partial charge >= 0.3 is 0 Å². The van der Waals surface area contributed by atoms with Crippen LogP contribution in [0.3, 0.4) is 0 Å². The third-order valence-electron chi connectivity index (χ3n) is 19.5. The summed E-state index contributed by atoms with van der Waals surface area (Å²) in [6, 6.07) is 1.68. The van der Waals surface area contributed by atoms with Crippen LogP contribution in [0.1, 0.15) is 144 Å². The number of fused-ring (bicyclic) bond motifs is 4. The highest BCUT2D eigenvalue weighted by molar-refractivity contribution is 5.86. The first-order valence-electron chi connectivity index (χ1n) is 21.1. The second kappa shape index (κ2) is 10.3. The van der Waals surface area contributed by atoms with Gasteiger partial charge in [0.2, 0.25) is 11.9 Å². The molecule has 4 N–H and O–H groups in total. The fourth-order valence-electron chi connectivity index (χ4n) is 16.3. The average Bonchev–Trinajstić information content (AvgIpc) is 3.53. The fraction of sp³-hybridized carbons (Fsp3) is 0.952. The number of hydrogen-bond acceptors (Lipinski definition) is 2. The van der Waals surface area contributed by atoms with Gasteiger partial charge in [0.15, 0.2) is 0 Å². The molecule has 12 saturated carbocycles. The van der Waals surface area contributed by atoms with Gasteiger partial charge in [0, 0.05) is 6.04 Å². The standard InChI is InChI=1S/C42H68N6/c1-39(2)31-7-9-41(39,5)33(21-31)44-38(45-34-22-32-8-10-42(34,6)40(32,3)4)48(36-29-17-25-12-26(19-29)20-30(36)18-25)47-37(43)46-35-27-13-23-11-24(15-27)16-28(35)14-23/h23-36H,7-22H2,1-6H3,(H,44,45)(H3,43,46,47). The van der Waals surface area contributed by atoms with E-state index in [4.69, 9.17) is 15.7 Å². The van der Waals surface area contributed by atoms with Gasteiger partial charge in [-0.05, 0) is 184 Å². The predicted molar refractivity (Wildman–Crippen MR) is 195 cm³/mol. The van der Waals surface area contributed by atoms with Crippen LogP contribution >= 0.6 is 0 Å². The van der Waals surface area contributed by atoms with Crippen LogP contribution in [-0.2, 0) is 0 Å². The molecule has 0 aromatic carbocycles. The lowest BCUT2D eigenvalue weighted by molar-refractivity contribution is -0.0532. The first kappa shape index (κ1) is 31.3. The summed E-state index contributed by atoms with van der Waals surface area (Å²) in [7, 11) is 0. The molecule has 12 bridgehead atoms. The van der Waals surface area contributed by atoms with Gasteiger partial charge in [-0.3, -0.25) is 10.4 Å². The average molecular weight is 657 g/mol. The van der Waals surface area contributed by atoms with Gasteiger partial charge in [-0.25, -0.2) is 9.98 Å². The molecule has 0 heterocycles. The Morgan fingerprint density at radius 1 is 0.604 bits per heavy atom. The summed E-state index contributed by atoms with van der Waals surface area (Å²) < 4.78 is 0. The third kappa shape index (κ3) is 4.27. The van der Waals surface area contributed by atoms with E-state index in [1.807, 2.05) is 0 Å². The van der Waals surface area contributed by atoms with Crippen LogP contribution in [0.25, 0.3) is 0 Å². The molecule has 6 nitrogen and oxygen atoms in total. The number of guanidine groups is 2. The molecule has 12 aliphatic carbocycles. The molecule has 12 rings (SSSR count). The number of aliphatic imine (C=N–C) groups is 2. The van der Waals surface area contributed by atoms with E-state index in [1.165, 1.54) is 103 Å². The lowest BCUT2D eigenvalue weighted by Gasteiger charge is -2.57. The Bertz CT molecular complexity index is 1320. The maximum Gasteiger partial charge on any atom is 0.213 e. The Hall–Kier alpha value is -1.46. The number of hydrogen-bond donors (Lipinski definition) is 3. The minimum Gasteiger partial charge on any atom is -0.369 e. The van der Waals surface area contributed by atoms with Gasteiger partial charge in [0.05, 0.1) is 18.1 Å². The van der Waals surface area contributed by atoms with Gasteiger partial charge in [-0.2, -0.15) is 0 Å². The van der Waals surface area contributed by atoms with Crippen molar-refractivity contribution in [3.8, 4) is 0 Å². The molecule has 0 aromatic rings. The summed E-state index contributed by atoms with van der Waals surface area (Å²) in [6.45, 7) is 15.4. The zero-order valence-corrected chi connectivity index (χ0v) is 31.3. The SMILES string of the molecule is CC1(C)C2CCC1(C)C(N=C(NC1CC3CCC1(C)C3(C)C)N(NC(N)=NC1C3CC4CC(C3)CC1C4)C1C3CC4CC(C3)CC1C4)C2. The number of nitrogens with zero attached hydrogens (tertiary/aromatic N) is 3. The molecular formula is C42H68N6. The highest BCUT2D eigenvalue weighted by atomic mass is 15.6. The summed E-state index contributed by atoms with van der Waals surface area (Å²) in [6.07, 6.45) is 22.0. The second-order valence-corrected chi connectivity index (χ2v) is 21.7. The van der Waals surface area contributed by atoms with Crippen LogP contribution in [0.2, 0.25) is 0 Å². The Labute approximate surface area is 292 Å². The molecule has 0 spiro atoms. The molecule has 0 radical (unpaired) electrons. The predicted octanol–water partition coefficient (Wildman–Crippen LogP) is 8.13. The zero-order valence-electron chi connectivity index (χ0n) is 31.3. The Morgan fingerprint density at radius 2 is 1.10 bits per heavy atom. The molecule has 0 aromatic heterocycles. The molecule has 0 saturated heterocycles. The van der Waals surface area contributed by atoms with E-state index in [2.05, 4.69) is 57.3 Å². The first-order chi connectivity index (χ1) is 22.8. The van der Waals surface area contributed by atoms with Crippen LogP contribution < -0.4 is 16.5 Å². The van der Waals surface area contributed by atoms with Crippen LogP contribution in [0.15, 0.2) is 9.98 Å². The van der Waals surface area contributed by atoms with Crippen LogP contribution in [0, 0.1) is 80.8 Å². The van der Waals surface area contributed by atoms with Crippen molar-refractivity contribution in [2.75, 3.05) is 0 Å². The maximum atomic E-state index is 7.18. The molecule has 6 heteroatoms. The van der Waals surface area contributed by atoms with Crippen molar-refractivity contribution in [1.29, 1.82) is 0 Å². The Morgan fingerprint density at radius 3 is 1.56 bits per heavy atom. The van der Waals surface area contributed by atoms with Gasteiger partial charge in [-0.1, -0.05) is 41.5 Å². The van der Waals surface area contributed by atoms with Crippen molar-refractivity contribution in [2.24, 2.45) is 96.6 Å². The number of hydrazine groups is 1. The lowest BCUT2D eigenvalue weighted by Crippen LogP contribution is -2.67. The highest BCUT2D eigenvalue weighted by Gasteiger charge is 2.64. The fourth-order valence-corrected chi connectivity index (χ4v) is 16.3. The molecule has 266 valence electrons. The van der Waals surface area contributed by atoms with Crippen LogP contribution in [0.5, 0.6) is 0 Å². The summed E-state index contributed by atoms with van der Waals surface area (Å²) in [4.78, 5) is 11.5. The van der Waals surface area contributed by atoms with E-state index in [-0.39, 0.29) is 10.8 Å². The Balaban J connectivity index is 1.03. The molecule has 6 atom stereocenters. The van der Waals surface area contributed by atoms with Crippen molar-refractivity contribution >= 4 is 11.9 Å². The van der Waals surface area contributed by atoms with Gasteiger partial charge < -0.3 is 11.1 Å². The van der Waals surface area contributed by atoms with Crippen molar-refractivity contribution < 1.29 is 0 Å². The summed E-state index contributed by atoms with van der Waals surface area (Å²) in [5, 5.41) is 6.94. The van der Waals surface area contributed by atoms with Crippen molar-refractivity contribution in [3.05, 3.63) is 0 Å². The minimum absolute atomic E-state index is 0.248. The van der Waals surface area contributed by atoms with E-state index < -0.39 is 0 Å². The Kier molecular flexibility index (Phi) is 6.73. The third-order valence-corrected chi connectivity index (χ3v) is 19.5. The van der Waals surface area contributed by atoms with Crippen molar-refractivity contribution in [3.63, 3.8) is 0 Å². The molecule has 6 unspecified atom stereocenters. The monoisotopic (exact) mass is 657 g/mol. The number of nitrogens with two attached hydrogens (primary N) is 1. The van der Waals surface area contributed by atoms with E-state index in [0.717, 1.165) is 65.1 Å². The molecule has 12 fully saturated rings. The largest absolute Gasteiger partial charge is 0.369 e. The molecular weight excluding hydrogens is 589 g/mol. The van der Waals surface area contributed by atoms with Crippen molar-refractivity contribution in [1.82, 2.24) is 15.8 Å². The van der Waals surface area contributed by atoms with Crippen LogP contribution in [0.4, 0.5) is 0 Å². The van der Waals surface area contributed by atoms with E-state index in [0.29, 0.717) is 41.0 Å². The minimum atomic E-state index is 0.248. The summed E-state index contributed by atoms with van der Waals surface area (Å²) >= 11 is 0. The van der Waals surface area contributed by atoms with Crippen molar-refractivity contribution in [2.45, 2.75) is 168 Å². The highest BCUT2D eigenvalue weighted by Crippen LogP contribution is 2.67. The molecule has 12 aliphatic rings. The number of nitrogens with one attached hydrogen (secondary N) is 2. The van der Waals surface area contributed by atoms with Gasteiger partial charge in [-0.15, -0.1) is 0 Å². The first-order valence-corrected chi connectivity index (χ1v) is 21.1. The van der Waals surface area contributed by atoms with E-state index in [9.17, 15) is 0 Å².